The van der Waals surface area contributed by atoms with Crippen molar-refractivity contribution in [3.05, 3.63) is 67.8 Å². The highest BCUT2D eigenvalue weighted by Crippen LogP contribution is 2.47. The molecule has 0 saturated heterocycles. The fourth-order valence-electron chi connectivity index (χ4n) is 3.44. The van der Waals surface area contributed by atoms with E-state index in [1.54, 1.807) is 7.11 Å². The zero-order valence-electron chi connectivity index (χ0n) is 14.1. The molecule has 0 aliphatic carbocycles. The van der Waals surface area contributed by atoms with E-state index in [2.05, 4.69) is 96.4 Å². The first kappa shape index (κ1) is 19.6. The largest absolute Gasteiger partial charge is 0.495 e. The van der Waals surface area contributed by atoms with Crippen molar-refractivity contribution in [2.75, 3.05) is 7.11 Å². The third kappa shape index (κ3) is 3.42. The Kier molecular flexibility index (Phi) is 5.78. The zero-order chi connectivity index (χ0) is 19.1. The summed E-state index contributed by atoms with van der Waals surface area (Å²) in [4.78, 5) is 0.778. The van der Waals surface area contributed by atoms with Crippen molar-refractivity contribution in [3.8, 4) is 16.9 Å². The van der Waals surface area contributed by atoms with E-state index in [-0.39, 0.29) is 0 Å². The fourth-order valence-corrected chi connectivity index (χ4v) is 7.97. The lowest BCUT2D eigenvalue weighted by Crippen LogP contribution is -1.99. The molecule has 0 N–H and O–H groups in total. The molecule has 0 amide bonds. The first-order valence-electron chi connectivity index (χ1n) is 8.07. The van der Waals surface area contributed by atoms with E-state index < -0.39 is 9.23 Å². The Labute approximate surface area is 194 Å². The van der Waals surface area contributed by atoms with Crippen molar-refractivity contribution in [1.82, 2.24) is 0 Å². The number of hydrogen-bond donors (Lipinski definition) is 0. The van der Waals surface area contributed by atoms with Crippen molar-refractivity contribution in [1.29, 1.82) is 0 Å². The minimum absolute atomic E-state index is 0.778. The highest BCUT2D eigenvalue weighted by Gasteiger charge is 2.23. The van der Waals surface area contributed by atoms with Crippen LogP contribution in [0.2, 0.25) is 0 Å². The van der Waals surface area contributed by atoms with Gasteiger partial charge in [0.05, 0.1) is 15.6 Å². The number of fused-ring (bicyclic) bond motifs is 2. The molecule has 2 nitrogen and oxygen atoms in total. The van der Waals surface area contributed by atoms with Gasteiger partial charge in [-0.15, -0.1) is 0 Å². The number of halogens is 3. The molecule has 136 valence electrons. The summed E-state index contributed by atoms with van der Waals surface area (Å²) in [5.41, 5.74) is 1.94. The van der Waals surface area contributed by atoms with Crippen molar-refractivity contribution in [2.24, 2.45) is 0 Å². The minimum Gasteiger partial charge on any atom is -0.495 e. The summed E-state index contributed by atoms with van der Waals surface area (Å²) in [6.07, 6.45) is 0. The van der Waals surface area contributed by atoms with Crippen LogP contribution in [0, 0.1) is 7.14 Å². The van der Waals surface area contributed by atoms with Gasteiger partial charge in [-0.1, -0.05) is 48.5 Å². The van der Waals surface area contributed by atoms with Crippen LogP contribution in [0.3, 0.4) is 0 Å². The highest BCUT2D eigenvalue weighted by atomic mass is 127. The molecule has 27 heavy (non-hydrogen) atoms. The molecule has 0 radical (unpaired) electrons. The molecule has 6 heteroatoms. The Morgan fingerprint density at radius 2 is 1.37 bits per heavy atom. The van der Waals surface area contributed by atoms with Crippen LogP contribution in [0.15, 0.2) is 65.6 Å². The normalized spacial score (nSPS) is 12.4. The quantitative estimate of drug-likeness (QED) is 0.170. The van der Waals surface area contributed by atoms with Crippen LogP contribution in [0.25, 0.3) is 32.7 Å². The maximum absolute atomic E-state index is 12.7. The number of hydrogen-bond acceptors (Lipinski definition) is 2. The van der Waals surface area contributed by atoms with E-state index in [1.807, 2.05) is 24.3 Å². The Balaban J connectivity index is 2.31. The minimum atomic E-state index is -1.32. The molecule has 1 unspecified atom stereocenters. The lowest BCUT2D eigenvalue weighted by Gasteiger charge is -2.19. The summed E-state index contributed by atoms with van der Waals surface area (Å²) in [7, 11) is 0.370. The molecule has 4 aromatic carbocycles. The van der Waals surface area contributed by atoms with Crippen LogP contribution >= 0.6 is 60.0 Å². The van der Waals surface area contributed by atoms with E-state index in [4.69, 9.17) is 4.74 Å². The second-order valence-corrected chi connectivity index (χ2v) is 10.9. The SMILES string of the molecule is COc1c(I)cc2ccccc2c1-c1c(S(=O)Br)c(I)cc2ccccc12. The molecule has 0 aliphatic rings. The predicted octanol–water partition coefficient (Wildman–Crippen LogP) is 7.30. The average Bonchev–Trinajstić information content (AvgIpc) is 2.65. The van der Waals surface area contributed by atoms with Crippen LogP contribution in [-0.4, -0.2) is 11.3 Å². The van der Waals surface area contributed by atoms with Gasteiger partial charge in [-0.3, -0.25) is 0 Å². The van der Waals surface area contributed by atoms with Crippen molar-refractivity contribution >= 4 is 90.8 Å². The number of benzene rings is 4. The Morgan fingerprint density at radius 3 is 1.93 bits per heavy atom. The number of rotatable bonds is 3. The summed E-state index contributed by atoms with van der Waals surface area (Å²) in [5.74, 6) is 0.806. The third-order valence-electron chi connectivity index (χ3n) is 4.53. The summed E-state index contributed by atoms with van der Waals surface area (Å²) >= 11 is 7.90. The summed E-state index contributed by atoms with van der Waals surface area (Å²) in [5, 5.41) is 4.39. The van der Waals surface area contributed by atoms with Gasteiger partial charge < -0.3 is 4.74 Å². The molecular weight excluding hydrogens is 650 g/mol. The second-order valence-electron chi connectivity index (χ2n) is 5.99. The van der Waals surface area contributed by atoms with Gasteiger partial charge in [-0.05, 0) is 78.9 Å². The molecule has 0 spiro atoms. The van der Waals surface area contributed by atoms with Crippen LogP contribution in [0.1, 0.15) is 0 Å². The molecule has 0 aliphatic heterocycles. The van der Waals surface area contributed by atoms with Gasteiger partial charge in [0.25, 0.3) is 0 Å². The van der Waals surface area contributed by atoms with Crippen molar-refractivity contribution in [2.45, 2.75) is 4.90 Å². The van der Waals surface area contributed by atoms with E-state index >= 15 is 0 Å². The standard InChI is InChI=1S/C21H13BrI2O2S/c1-26-20-16(23)10-12-6-2-4-8-14(12)18(20)19-15-9-5-3-7-13(15)11-17(24)21(19)27(22)25/h2-11H,1H3. The summed E-state index contributed by atoms with van der Waals surface area (Å²) in [6.45, 7) is 0. The van der Waals surface area contributed by atoms with Gasteiger partial charge in [-0.2, -0.15) is 0 Å². The summed E-state index contributed by atoms with van der Waals surface area (Å²) in [6, 6.07) is 20.7. The van der Waals surface area contributed by atoms with Gasteiger partial charge in [0.15, 0.2) is 0 Å². The number of ether oxygens (including phenoxy) is 1. The third-order valence-corrected chi connectivity index (χ3v) is 8.26. The summed E-state index contributed by atoms with van der Waals surface area (Å²) < 4.78 is 20.5. The molecule has 1 atom stereocenters. The van der Waals surface area contributed by atoms with Crippen LogP contribution < -0.4 is 4.74 Å². The van der Waals surface area contributed by atoms with E-state index in [0.717, 1.165) is 50.5 Å². The molecule has 0 aromatic heterocycles. The maximum Gasteiger partial charge on any atom is 0.140 e. The maximum atomic E-state index is 12.7. The van der Waals surface area contributed by atoms with Crippen LogP contribution in [0.5, 0.6) is 5.75 Å². The van der Waals surface area contributed by atoms with Gasteiger partial charge in [0.1, 0.15) is 15.0 Å². The molecule has 0 saturated carbocycles. The van der Waals surface area contributed by atoms with Gasteiger partial charge >= 0.3 is 0 Å². The fraction of sp³-hybridized carbons (Fsp3) is 0.0476. The molecule has 4 aromatic rings. The lowest BCUT2D eigenvalue weighted by molar-refractivity contribution is 0.414. The molecule has 0 heterocycles. The highest BCUT2D eigenvalue weighted by molar-refractivity contribution is 14.1. The van der Waals surface area contributed by atoms with Crippen LogP contribution in [-0.2, 0) is 9.23 Å². The zero-order valence-corrected chi connectivity index (χ0v) is 20.8. The Morgan fingerprint density at radius 1 is 0.852 bits per heavy atom. The van der Waals surface area contributed by atoms with Gasteiger partial charge in [0, 0.05) is 29.5 Å². The van der Waals surface area contributed by atoms with E-state index in [0.29, 0.717) is 0 Å². The molecule has 0 bridgehead atoms. The Hall–Kier alpha value is -0.710. The monoisotopic (exact) mass is 662 g/mol. The first-order valence-corrected chi connectivity index (χ1v) is 13.2. The smallest absolute Gasteiger partial charge is 0.140 e. The topological polar surface area (TPSA) is 26.3 Å². The molecule has 0 fully saturated rings. The molecule has 4 rings (SSSR count). The first-order chi connectivity index (χ1) is 13.0. The predicted molar refractivity (Wildman–Crippen MR) is 134 cm³/mol. The molecular formula is C21H13BrI2O2S. The van der Waals surface area contributed by atoms with Crippen molar-refractivity contribution in [3.63, 3.8) is 0 Å². The van der Waals surface area contributed by atoms with E-state index in [1.165, 1.54) is 0 Å². The second kappa shape index (κ2) is 7.96. The Bertz CT molecular complexity index is 1220. The van der Waals surface area contributed by atoms with Crippen LogP contribution in [0.4, 0.5) is 0 Å². The van der Waals surface area contributed by atoms with E-state index in [9.17, 15) is 4.21 Å². The van der Waals surface area contributed by atoms with Gasteiger partial charge in [-0.25, -0.2) is 4.21 Å². The number of methoxy groups -OCH3 is 1. The van der Waals surface area contributed by atoms with Crippen molar-refractivity contribution < 1.29 is 8.95 Å². The lowest BCUT2D eigenvalue weighted by atomic mass is 9.93. The van der Waals surface area contributed by atoms with Gasteiger partial charge in [0.2, 0.25) is 0 Å². The average molecular weight is 663 g/mol.